The van der Waals surface area contributed by atoms with Crippen LogP contribution in [0.3, 0.4) is 0 Å². The van der Waals surface area contributed by atoms with Crippen molar-refractivity contribution in [1.29, 1.82) is 0 Å². The number of nitrogens with one attached hydrogen (secondary N) is 2. The zero-order valence-corrected chi connectivity index (χ0v) is 16.4. The molecule has 24 heavy (non-hydrogen) atoms. The third-order valence-corrected chi connectivity index (χ3v) is 4.60. The molecular weight excluding hydrogens is 363 g/mol. The highest BCUT2D eigenvalue weighted by Crippen LogP contribution is 2.24. The molecule has 0 aliphatic carbocycles. The number of rotatable bonds is 6. The van der Waals surface area contributed by atoms with E-state index in [4.69, 9.17) is 35.4 Å². The normalized spacial score (nSPS) is 10.7. The number of hydrogen-bond donors (Lipinski definition) is 2. The second-order valence-electron chi connectivity index (χ2n) is 5.67. The lowest BCUT2D eigenvalue weighted by atomic mass is 10.2. The number of unbranched alkanes of at least 4 members (excludes halogenated alkanes) is 1. The molecule has 2 aromatic rings. The zero-order valence-electron chi connectivity index (χ0n) is 14.1. The summed E-state index contributed by atoms with van der Waals surface area (Å²) >= 11 is 17.6. The van der Waals surface area contributed by atoms with Crippen molar-refractivity contribution in [3.8, 4) is 0 Å². The van der Waals surface area contributed by atoms with E-state index >= 15 is 0 Å². The standard InChI is InChI=1S/C17H22Cl2N4S/c1-4-5-8-20-17(24)21-16-11(2)22-23(12(16)3)10-13-6-7-14(18)9-15(13)19/h6-7,9H,4-5,8,10H2,1-3H3,(H2,20,21,24). The van der Waals surface area contributed by atoms with E-state index in [-0.39, 0.29) is 0 Å². The van der Waals surface area contributed by atoms with Crippen molar-refractivity contribution in [2.45, 2.75) is 40.2 Å². The summed E-state index contributed by atoms with van der Waals surface area (Å²) in [5.41, 5.74) is 3.83. The zero-order chi connectivity index (χ0) is 17.7. The van der Waals surface area contributed by atoms with Gasteiger partial charge in [0.15, 0.2) is 5.11 Å². The first-order valence-electron chi connectivity index (χ1n) is 7.95. The van der Waals surface area contributed by atoms with Crippen molar-refractivity contribution >= 4 is 46.2 Å². The molecule has 0 aliphatic rings. The van der Waals surface area contributed by atoms with Crippen molar-refractivity contribution < 1.29 is 0 Å². The molecule has 1 heterocycles. The van der Waals surface area contributed by atoms with Gasteiger partial charge in [0.1, 0.15) is 0 Å². The summed E-state index contributed by atoms with van der Waals surface area (Å²) in [7, 11) is 0. The van der Waals surface area contributed by atoms with E-state index in [9.17, 15) is 0 Å². The second-order valence-corrected chi connectivity index (χ2v) is 6.93. The molecule has 0 saturated carbocycles. The number of aromatic nitrogens is 2. The van der Waals surface area contributed by atoms with Gasteiger partial charge in [-0.15, -0.1) is 0 Å². The average Bonchev–Trinajstić information content (AvgIpc) is 2.78. The Bertz CT molecular complexity index is 728. The third kappa shape index (κ3) is 4.85. The van der Waals surface area contributed by atoms with Crippen LogP contribution in [0, 0.1) is 13.8 Å². The Kier molecular flexibility index (Phi) is 6.90. The van der Waals surface area contributed by atoms with Gasteiger partial charge >= 0.3 is 0 Å². The maximum Gasteiger partial charge on any atom is 0.170 e. The first-order chi connectivity index (χ1) is 11.4. The van der Waals surface area contributed by atoms with Crippen molar-refractivity contribution in [2.24, 2.45) is 0 Å². The molecule has 0 bridgehead atoms. The van der Waals surface area contributed by atoms with Crippen LogP contribution in [0.25, 0.3) is 0 Å². The minimum absolute atomic E-state index is 0.584. The molecule has 0 fully saturated rings. The second kappa shape index (κ2) is 8.70. The fourth-order valence-corrected chi connectivity index (χ4v) is 3.05. The van der Waals surface area contributed by atoms with E-state index in [2.05, 4.69) is 22.7 Å². The minimum atomic E-state index is 0.584. The Hall–Kier alpha value is -1.30. The van der Waals surface area contributed by atoms with Crippen molar-refractivity contribution in [3.63, 3.8) is 0 Å². The molecule has 2 N–H and O–H groups in total. The van der Waals surface area contributed by atoms with Crippen LogP contribution < -0.4 is 10.6 Å². The highest BCUT2D eigenvalue weighted by atomic mass is 35.5. The van der Waals surface area contributed by atoms with Crippen LogP contribution in [0.1, 0.15) is 36.7 Å². The van der Waals surface area contributed by atoms with Crippen LogP contribution in [0.4, 0.5) is 5.69 Å². The number of halogens is 2. The number of hydrogen-bond acceptors (Lipinski definition) is 2. The fraction of sp³-hybridized carbons (Fsp3) is 0.412. The predicted molar refractivity (Wildman–Crippen MR) is 106 cm³/mol. The van der Waals surface area contributed by atoms with Gasteiger partial charge in [0, 0.05) is 16.6 Å². The topological polar surface area (TPSA) is 41.9 Å². The molecule has 0 spiro atoms. The molecule has 1 aromatic heterocycles. The lowest BCUT2D eigenvalue weighted by molar-refractivity contribution is 0.659. The molecule has 0 unspecified atom stereocenters. The smallest absolute Gasteiger partial charge is 0.170 e. The summed E-state index contributed by atoms with van der Waals surface area (Å²) in [4.78, 5) is 0. The number of thiocarbonyl (C=S) groups is 1. The van der Waals surface area contributed by atoms with Crippen LogP contribution in [0.5, 0.6) is 0 Å². The van der Waals surface area contributed by atoms with Gasteiger partial charge < -0.3 is 10.6 Å². The van der Waals surface area contributed by atoms with E-state index in [1.807, 2.05) is 30.7 Å². The Labute approximate surface area is 158 Å². The highest BCUT2D eigenvalue weighted by Gasteiger charge is 2.14. The van der Waals surface area contributed by atoms with Crippen LogP contribution in [0.15, 0.2) is 18.2 Å². The summed E-state index contributed by atoms with van der Waals surface area (Å²) in [5.74, 6) is 0. The van der Waals surface area contributed by atoms with Crippen molar-refractivity contribution in [3.05, 3.63) is 45.2 Å². The van der Waals surface area contributed by atoms with E-state index in [0.717, 1.165) is 42.0 Å². The van der Waals surface area contributed by atoms with E-state index in [0.29, 0.717) is 21.7 Å². The van der Waals surface area contributed by atoms with Crippen LogP contribution in [0.2, 0.25) is 10.0 Å². The molecule has 7 heteroatoms. The summed E-state index contributed by atoms with van der Waals surface area (Å²) in [6.07, 6.45) is 2.22. The molecule has 1 aromatic carbocycles. The van der Waals surface area contributed by atoms with Crippen molar-refractivity contribution in [1.82, 2.24) is 15.1 Å². The molecule has 2 rings (SSSR count). The van der Waals surface area contributed by atoms with Gasteiger partial charge in [0.05, 0.1) is 23.6 Å². The minimum Gasteiger partial charge on any atom is -0.362 e. The molecular formula is C17H22Cl2N4S. The Morgan fingerprint density at radius 2 is 2.04 bits per heavy atom. The number of aryl methyl sites for hydroxylation is 1. The molecule has 130 valence electrons. The van der Waals surface area contributed by atoms with Crippen LogP contribution in [-0.4, -0.2) is 21.4 Å². The van der Waals surface area contributed by atoms with Gasteiger partial charge in [-0.05, 0) is 50.2 Å². The predicted octanol–water partition coefficient (Wildman–Crippen LogP) is 4.94. The monoisotopic (exact) mass is 384 g/mol. The first-order valence-corrected chi connectivity index (χ1v) is 9.11. The van der Waals surface area contributed by atoms with Gasteiger partial charge in [-0.25, -0.2) is 0 Å². The maximum absolute atomic E-state index is 6.26. The molecule has 0 amide bonds. The highest BCUT2D eigenvalue weighted by molar-refractivity contribution is 7.80. The third-order valence-electron chi connectivity index (χ3n) is 3.77. The van der Waals surface area contributed by atoms with E-state index in [1.54, 1.807) is 6.07 Å². The van der Waals surface area contributed by atoms with Gasteiger partial charge in [0.2, 0.25) is 0 Å². The quantitative estimate of drug-likeness (QED) is 0.546. The summed E-state index contributed by atoms with van der Waals surface area (Å²) in [6, 6.07) is 5.50. The average molecular weight is 385 g/mol. The van der Waals surface area contributed by atoms with E-state index < -0.39 is 0 Å². The Morgan fingerprint density at radius 3 is 2.71 bits per heavy atom. The molecule has 4 nitrogen and oxygen atoms in total. The van der Waals surface area contributed by atoms with Crippen molar-refractivity contribution in [2.75, 3.05) is 11.9 Å². The van der Waals surface area contributed by atoms with Gasteiger partial charge in [0.25, 0.3) is 0 Å². The summed E-state index contributed by atoms with van der Waals surface area (Å²) in [6.45, 7) is 7.58. The van der Waals surface area contributed by atoms with Crippen LogP contribution >= 0.6 is 35.4 Å². The maximum atomic E-state index is 6.26. The van der Waals surface area contributed by atoms with Crippen LogP contribution in [-0.2, 0) is 6.54 Å². The van der Waals surface area contributed by atoms with Gasteiger partial charge in [-0.1, -0.05) is 42.6 Å². The molecule has 0 aliphatic heterocycles. The molecule has 0 radical (unpaired) electrons. The number of nitrogens with zero attached hydrogens (tertiary/aromatic N) is 2. The SMILES string of the molecule is CCCCNC(=S)Nc1c(C)nn(Cc2ccc(Cl)cc2Cl)c1C. The number of benzene rings is 1. The Balaban J connectivity index is 2.12. The largest absolute Gasteiger partial charge is 0.362 e. The van der Waals surface area contributed by atoms with Gasteiger partial charge in [-0.3, -0.25) is 4.68 Å². The fourth-order valence-electron chi connectivity index (χ4n) is 2.38. The number of anilines is 1. The Morgan fingerprint density at radius 1 is 1.29 bits per heavy atom. The lowest BCUT2D eigenvalue weighted by Crippen LogP contribution is -2.29. The van der Waals surface area contributed by atoms with E-state index in [1.165, 1.54) is 0 Å². The summed E-state index contributed by atoms with van der Waals surface area (Å²) in [5, 5.41) is 12.9. The molecule has 0 atom stereocenters. The lowest BCUT2D eigenvalue weighted by Gasteiger charge is -2.11. The van der Waals surface area contributed by atoms with Gasteiger partial charge in [-0.2, -0.15) is 5.10 Å². The first kappa shape index (κ1) is 19.0. The molecule has 0 saturated heterocycles. The summed E-state index contributed by atoms with van der Waals surface area (Å²) < 4.78 is 1.92.